The van der Waals surface area contributed by atoms with E-state index in [2.05, 4.69) is 0 Å². The molecule has 10 rings (SSSR count). The van der Waals surface area contributed by atoms with Crippen LogP contribution in [0, 0.1) is 0 Å². The highest BCUT2D eigenvalue weighted by molar-refractivity contribution is 6.25. The Kier molecular flexibility index (Phi) is 3.99. The van der Waals surface area contributed by atoms with Crippen LogP contribution in [0.15, 0.2) is 186 Å². The molecule has 228 valence electrons. The molecule has 0 unspecified atom stereocenters. The second-order valence-electron chi connectivity index (χ2n) is 11.8. The second-order valence-corrected chi connectivity index (χ2v) is 11.8. The van der Waals surface area contributed by atoms with Crippen LogP contribution in [0.2, 0.25) is 0 Å². The van der Waals surface area contributed by atoms with Crippen LogP contribution >= 0.6 is 0 Å². The topological polar surface area (TPSA) is 13.1 Å². The molecule has 9 aromatic carbocycles. The van der Waals surface area contributed by atoms with Crippen molar-refractivity contribution in [3.05, 3.63) is 182 Å². The zero-order valence-corrected chi connectivity index (χ0v) is 25.7. The van der Waals surface area contributed by atoms with E-state index < -0.39 is 42.3 Å². The van der Waals surface area contributed by atoms with Crippen molar-refractivity contribution in [1.29, 1.82) is 0 Å². The van der Waals surface area contributed by atoms with Gasteiger partial charge in [-0.25, -0.2) is 0 Å². The van der Waals surface area contributed by atoms with Crippen molar-refractivity contribution in [3.8, 4) is 44.5 Å². The Labute approximate surface area is 302 Å². The van der Waals surface area contributed by atoms with Gasteiger partial charge in [0.25, 0.3) is 0 Å². The third-order valence-electron chi connectivity index (χ3n) is 9.07. The summed E-state index contributed by atoms with van der Waals surface area (Å²) in [5, 5.41) is 2.82. The smallest absolute Gasteiger partial charge is 0.136 e. The van der Waals surface area contributed by atoms with Gasteiger partial charge in [-0.05, 0) is 101 Å². The lowest BCUT2D eigenvalue weighted by Crippen LogP contribution is -1.91. The first kappa shape index (κ1) is 17.6. The van der Waals surface area contributed by atoms with Crippen molar-refractivity contribution in [2.24, 2.45) is 0 Å². The molecule has 0 aliphatic carbocycles. The molecule has 1 heteroatoms. The van der Waals surface area contributed by atoms with Crippen molar-refractivity contribution >= 4 is 54.3 Å². The van der Waals surface area contributed by atoms with Gasteiger partial charge >= 0.3 is 0 Å². The number of fused-ring (bicyclic) bond motifs is 6. The lowest BCUT2D eigenvalue weighted by atomic mass is 9.84. The summed E-state index contributed by atoms with van der Waals surface area (Å²) in [4.78, 5) is 0. The molecule has 1 nitrogen and oxygen atoms in total. The molecule has 10 aromatic rings. The fourth-order valence-electron chi connectivity index (χ4n) is 6.95. The summed E-state index contributed by atoms with van der Waals surface area (Å²) in [7, 11) is 0. The minimum atomic E-state index is -0.534. The van der Waals surface area contributed by atoms with E-state index in [0.29, 0.717) is 43.8 Å². The van der Waals surface area contributed by atoms with Crippen LogP contribution in [0.25, 0.3) is 98.8 Å². The lowest BCUT2D eigenvalue weighted by Gasteiger charge is -2.19. The molecule has 0 saturated carbocycles. The SMILES string of the molecule is [2H]c1c([2H])c(-c2c3ccccc3c(-c3cccc(-c4c([2H])c([2H])c([2H])c5c([2H])c([2H])c([2H])c([2H])c45)c3)c3ccccc23)c2c(oc3c([2H])c(-c4ccccc4)c([2H])c([2H])c32)c1[2H]. The molecule has 49 heavy (non-hydrogen) atoms. The van der Waals surface area contributed by atoms with Gasteiger partial charge in [0.1, 0.15) is 11.2 Å². The normalized spacial score (nSPS) is 15.4. The van der Waals surface area contributed by atoms with Gasteiger partial charge in [-0.1, -0.05) is 157 Å². The summed E-state index contributed by atoms with van der Waals surface area (Å²) < 4.78 is 122. The van der Waals surface area contributed by atoms with E-state index >= 15 is 0 Å². The zero-order chi connectivity index (χ0) is 43.6. The first-order chi connectivity index (χ1) is 29.7. The Balaban J connectivity index is 1.31. The second kappa shape index (κ2) is 11.1. The van der Waals surface area contributed by atoms with E-state index in [0.717, 1.165) is 5.56 Å². The Hall–Kier alpha value is -6.44. The largest absolute Gasteiger partial charge is 0.456 e. The lowest BCUT2D eigenvalue weighted by molar-refractivity contribution is 0.669. The summed E-state index contributed by atoms with van der Waals surface area (Å²) in [5.41, 5.74) is 3.26. The van der Waals surface area contributed by atoms with E-state index in [1.165, 1.54) is 0 Å². The predicted molar refractivity (Wildman–Crippen MR) is 208 cm³/mol. The molecular formula is C48H30O. The van der Waals surface area contributed by atoms with Crippen molar-refractivity contribution < 1.29 is 22.2 Å². The van der Waals surface area contributed by atoms with Crippen LogP contribution in [0.3, 0.4) is 0 Å². The average Bonchev–Trinajstić information content (AvgIpc) is 3.69. The van der Waals surface area contributed by atoms with Gasteiger partial charge in [0.15, 0.2) is 0 Å². The minimum Gasteiger partial charge on any atom is -0.456 e. The van der Waals surface area contributed by atoms with E-state index in [9.17, 15) is 4.11 Å². The Morgan fingerprint density at radius 3 is 1.82 bits per heavy atom. The Morgan fingerprint density at radius 2 is 1.02 bits per heavy atom. The van der Waals surface area contributed by atoms with Crippen LogP contribution in [0.1, 0.15) is 17.8 Å². The zero-order valence-electron chi connectivity index (χ0n) is 38.7. The van der Waals surface area contributed by atoms with Gasteiger partial charge in [0, 0.05) is 10.8 Å². The maximum absolute atomic E-state index is 9.49. The molecule has 0 spiro atoms. The van der Waals surface area contributed by atoms with Crippen LogP contribution in [0.5, 0.6) is 0 Å². The van der Waals surface area contributed by atoms with Gasteiger partial charge in [0.2, 0.25) is 0 Å². The van der Waals surface area contributed by atoms with Crippen molar-refractivity contribution in [2.45, 2.75) is 0 Å². The molecule has 0 aliphatic rings. The fourth-order valence-corrected chi connectivity index (χ4v) is 6.95. The number of rotatable bonds is 4. The van der Waals surface area contributed by atoms with E-state index in [1.54, 1.807) is 42.5 Å². The van der Waals surface area contributed by atoms with Gasteiger partial charge < -0.3 is 4.42 Å². The molecular weight excluding hydrogens is 593 g/mol. The molecule has 1 heterocycles. The highest BCUT2D eigenvalue weighted by Crippen LogP contribution is 2.47. The molecule has 0 N–H and O–H groups in total. The summed E-state index contributed by atoms with van der Waals surface area (Å²) in [6, 6.07) is 26.1. The monoisotopic (exact) mass is 635 g/mol. The van der Waals surface area contributed by atoms with E-state index in [4.69, 9.17) is 18.1 Å². The number of hydrogen-bond donors (Lipinski definition) is 0. The van der Waals surface area contributed by atoms with Gasteiger partial charge in [-0.15, -0.1) is 0 Å². The van der Waals surface area contributed by atoms with Crippen LogP contribution in [-0.2, 0) is 0 Å². The van der Waals surface area contributed by atoms with Gasteiger partial charge in [-0.3, -0.25) is 0 Å². The van der Waals surface area contributed by atoms with Crippen molar-refractivity contribution in [3.63, 3.8) is 0 Å². The highest BCUT2D eigenvalue weighted by Gasteiger charge is 2.20. The van der Waals surface area contributed by atoms with Crippen LogP contribution in [0.4, 0.5) is 0 Å². The summed E-state index contributed by atoms with van der Waals surface area (Å²) in [5.74, 6) is 0. The summed E-state index contributed by atoms with van der Waals surface area (Å²) in [6.07, 6.45) is 0. The standard InChI is InChI=1S/C48H30O/c1-2-13-31(14-3-1)33-27-28-42-45(30-33)49-44-26-12-25-43(48(42)44)47-40-22-8-6-20-38(40)46(39-21-7-9-23-41(39)47)35-18-10-17-34(29-35)37-24-11-16-32-15-4-5-19-36(32)37/h1-30H/i4D,5D,11D,12D,15D,16D,19D,24D,25D,26D,27D,28D,30D. The summed E-state index contributed by atoms with van der Waals surface area (Å²) >= 11 is 0. The minimum absolute atomic E-state index is 0.0242. The Morgan fingerprint density at radius 1 is 0.388 bits per heavy atom. The van der Waals surface area contributed by atoms with Crippen LogP contribution < -0.4 is 0 Å². The number of furan rings is 1. The first-order valence-corrected chi connectivity index (χ1v) is 15.8. The molecule has 0 aliphatic heterocycles. The molecule has 0 bridgehead atoms. The molecule has 0 saturated heterocycles. The first-order valence-electron chi connectivity index (χ1n) is 22.3. The summed E-state index contributed by atoms with van der Waals surface area (Å²) in [6.45, 7) is 0. The van der Waals surface area contributed by atoms with Crippen molar-refractivity contribution in [1.82, 2.24) is 0 Å². The van der Waals surface area contributed by atoms with Gasteiger partial charge in [0.05, 0.1) is 17.8 Å². The third-order valence-corrected chi connectivity index (χ3v) is 9.07. The fraction of sp³-hybridized carbons (Fsp3) is 0. The van der Waals surface area contributed by atoms with Crippen LogP contribution in [-0.4, -0.2) is 0 Å². The third kappa shape index (κ3) is 4.40. The average molecular weight is 636 g/mol. The maximum Gasteiger partial charge on any atom is 0.136 e. The number of benzene rings is 9. The van der Waals surface area contributed by atoms with Gasteiger partial charge in [-0.2, -0.15) is 0 Å². The molecule has 0 fully saturated rings. The molecule has 0 amide bonds. The Bertz CT molecular complexity index is 3550. The molecule has 0 radical (unpaired) electrons. The number of hydrogen-bond acceptors (Lipinski definition) is 1. The molecule has 1 aromatic heterocycles. The maximum atomic E-state index is 9.49. The van der Waals surface area contributed by atoms with E-state index in [-0.39, 0.29) is 85.7 Å². The molecule has 0 atom stereocenters. The highest BCUT2D eigenvalue weighted by atomic mass is 16.3. The quantitative estimate of drug-likeness (QED) is 0.175. The van der Waals surface area contributed by atoms with Crippen molar-refractivity contribution in [2.75, 3.05) is 0 Å². The predicted octanol–water partition coefficient (Wildman–Crippen LogP) is 13.7. The van der Waals surface area contributed by atoms with E-state index in [1.807, 2.05) is 60.7 Å².